The SMILES string of the molecule is O=C(Nc1cc(C(F)(F)F)ccc1Cl)N1CCC2(C=C(c3ccccc3)NO2)CC1. The van der Waals surface area contributed by atoms with E-state index in [1.54, 1.807) is 4.90 Å². The number of amides is 2. The van der Waals surface area contributed by atoms with E-state index in [-0.39, 0.29) is 10.7 Å². The summed E-state index contributed by atoms with van der Waals surface area (Å²) >= 11 is 5.97. The molecule has 0 saturated carbocycles. The van der Waals surface area contributed by atoms with Crippen molar-refractivity contribution in [2.45, 2.75) is 24.6 Å². The van der Waals surface area contributed by atoms with Crippen molar-refractivity contribution < 1.29 is 22.8 Å². The van der Waals surface area contributed by atoms with Crippen molar-refractivity contribution in [1.82, 2.24) is 10.4 Å². The second kappa shape index (κ2) is 7.85. The van der Waals surface area contributed by atoms with Crippen molar-refractivity contribution in [3.63, 3.8) is 0 Å². The summed E-state index contributed by atoms with van der Waals surface area (Å²) in [5, 5.41) is 2.53. The van der Waals surface area contributed by atoms with Gasteiger partial charge in [-0.2, -0.15) is 13.2 Å². The first-order valence-electron chi connectivity index (χ1n) is 9.41. The zero-order valence-electron chi connectivity index (χ0n) is 15.8. The summed E-state index contributed by atoms with van der Waals surface area (Å²) in [6.07, 6.45) is -1.38. The molecule has 2 aromatic carbocycles. The first kappa shape index (κ1) is 20.6. The van der Waals surface area contributed by atoms with Crippen molar-refractivity contribution in [3.05, 3.63) is 70.8 Å². The number of piperidine rings is 1. The van der Waals surface area contributed by atoms with E-state index in [1.807, 2.05) is 36.4 Å². The van der Waals surface area contributed by atoms with Crippen molar-refractivity contribution in [2.75, 3.05) is 18.4 Å². The minimum Gasteiger partial charge on any atom is -0.324 e. The van der Waals surface area contributed by atoms with E-state index in [4.69, 9.17) is 16.4 Å². The fourth-order valence-electron chi connectivity index (χ4n) is 3.56. The number of hydrogen-bond donors (Lipinski definition) is 2. The molecule has 5 nitrogen and oxygen atoms in total. The maximum Gasteiger partial charge on any atom is 0.416 e. The van der Waals surface area contributed by atoms with Gasteiger partial charge in [0.05, 0.1) is 22.0 Å². The van der Waals surface area contributed by atoms with Crippen LogP contribution in [0.15, 0.2) is 54.6 Å². The molecule has 0 atom stereocenters. The summed E-state index contributed by atoms with van der Waals surface area (Å²) in [4.78, 5) is 19.9. The molecule has 0 bridgehead atoms. The van der Waals surface area contributed by atoms with E-state index in [0.717, 1.165) is 29.5 Å². The molecule has 2 aliphatic heterocycles. The molecule has 2 N–H and O–H groups in total. The van der Waals surface area contributed by atoms with Gasteiger partial charge >= 0.3 is 12.2 Å². The second-order valence-electron chi connectivity index (χ2n) is 7.30. The molecule has 0 radical (unpaired) electrons. The third-order valence-electron chi connectivity index (χ3n) is 5.29. The number of halogens is 4. The van der Waals surface area contributed by atoms with Crippen LogP contribution in [0.1, 0.15) is 24.0 Å². The summed E-state index contributed by atoms with van der Waals surface area (Å²) in [5.41, 5.74) is 3.39. The average Bonchev–Trinajstić information content (AvgIpc) is 3.13. The molecule has 9 heteroatoms. The molecule has 2 amide bonds. The molecule has 30 heavy (non-hydrogen) atoms. The second-order valence-corrected chi connectivity index (χ2v) is 7.71. The van der Waals surface area contributed by atoms with E-state index in [9.17, 15) is 18.0 Å². The lowest BCUT2D eigenvalue weighted by Gasteiger charge is -2.36. The van der Waals surface area contributed by atoms with Crippen LogP contribution in [0.4, 0.5) is 23.7 Å². The van der Waals surface area contributed by atoms with Gasteiger partial charge in [-0.05, 0) is 29.8 Å². The largest absolute Gasteiger partial charge is 0.416 e. The first-order chi connectivity index (χ1) is 14.3. The highest BCUT2D eigenvalue weighted by atomic mass is 35.5. The normalized spacial score (nSPS) is 18.1. The Bertz CT molecular complexity index is 971. The number of carbonyl (C=O) groups excluding carboxylic acids is 1. The number of nitrogens with zero attached hydrogens (tertiary/aromatic N) is 1. The van der Waals surface area contributed by atoms with Gasteiger partial charge in [0.1, 0.15) is 5.60 Å². The third-order valence-corrected chi connectivity index (χ3v) is 5.62. The fourth-order valence-corrected chi connectivity index (χ4v) is 3.73. The molecule has 2 aromatic rings. The van der Waals surface area contributed by atoms with E-state index in [2.05, 4.69) is 10.8 Å². The molecule has 1 spiro atoms. The summed E-state index contributed by atoms with van der Waals surface area (Å²) in [5.74, 6) is 0. The maximum atomic E-state index is 12.9. The molecule has 158 valence electrons. The number of likely N-dealkylation sites (tertiary alicyclic amines) is 1. The Hall–Kier alpha value is -2.71. The van der Waals surface area contributed by atoms with Gasteiger partial charge in [-0.3, -0.25) is 10.3 Å². The topological polar surface area (TPSA) is 53.6 Å². The van der Waals surface area contributed by atoms with Crippen molar-refractivity contribution in [1.29, 1.82) is 0 Å². The highest BCUT2D eigenvalue weighted by Gasteiger charge is 2.40. The number of hydrogen-bond acceptors (Lipinski definition) is 3. The smallest absolute Gasteiger partial charge is 0.324 e. The lowest BCUT2D eigenvalue weighted by molar-refractivity contribution is -0.137. The number of anilines is 1. The Labute approximate surface area is 176 Å². The number of alkyl halides is 3. The number of rotatable bonds is 2. The minimum atomic E-state index is -4.52. The number of hydroxylamine groups is 1. The van der Waals surface area contributed by atoms with Gasteiger partial charge in [0.15, 0.2) is 0 Å². The van der Waals surface area contributed by atoms with Crippen LogP contribution in [0, 0.1) is 0 Å². The Morgan fingerprint density at radius 3 is 2.50 bits per heavy atom. The Morgan fingerprint density at radius 1 is 1.13 bits per heavy atom. The van der Waals surface area contributed by atoms with Crippen molar-refractivity contribution in [3.8, 4) is 0 Å². The molecular formula is C21H19ClF3N3O2. The van der Waals surface area contributed by atoms with Gasteiger partial charge in [-0.15, -0.1) is 0 Å². The maximum absolute atomic E-state index is 12.9. The Morgan fingerprint density at radius 2 is 1.83 bits per heavy atom. The van der Waals surface area contributed by atoms with Crippen LogP contribution in [0.25, 0.3) is 5.70 Å². The summed E-state index contributed by atoms with van der Waals surface area (Å²) in [7, 11) is 0. The van der Waals surface area contributed by atoms with Gasteiger partial charge in [0.2, 0.25) is 0 Å². The molecule has 4 rings (SSSR count). The summed E-state index contributed by atoms with van der Waals surface area (Å²) in [6.45, 7) is 0.783. The van der Waals surface area contributed by atoms with Gasteiger partial charge in [-0.1, -0.05) is 41.9 Å². The van der Waals surface area contributed by atoms with Gasteiger partial charge in [0.25, 0.3) is 0 Å². The minimum absolute atomic E-state index is 0.0450. The first-order valence-corrected chi connectivity index (χ1v) is 9.79. The predicted molar refractivity (Wildman–Crippen MR) is 108 cm³/mol. The Balaban J connectivity index is 1.40. The number of carbonyl (C=O) groups is 1. The fraction of sp³-hybridized carbons (Fsp3) is 0.286. The van der Waals surface area contributed by atoms with Crippen LogP contribution >= 0.6 is 11.6 Å². The predicted octanol–water partition coefficient (Wildman–Crippen LogP) is 5.30. The lowest BCUT2D eigenvalue weighted by atomic mass is 9.90. The summed E-state index contributed by atoms with van der Waals surface area (Å²) in [6, 6.07) is 12.1. The Kier molecular flexibility index (Phi) is 5.38. The number of benzene rings is 2. The third kappa shape index (κ3) is 4.24. The van der Waals surface area contributed by atoms with Crippen LogP contribution < -0.4 is 10.8 Å². The van der Waals surface area contributed by atoms with Crippen molar-refractivity contribution in [2.24, 2.45) is 0 Å². The number of urea groups is 1. The molecule has 0 aromatic heterocycles. The van der Waals surface area contributed by atoms with Crippen LogP contribution in [0.3, 0.4) is 0 Å². The summed E-state index contributed by atoms with van der Waals surface area (Å²) < 4.78 is 38.8. The van der Waals surface area contributed by atoms with Crippen LogP contribution in [0.5, 0.6) is 0 Å². The number of nitrogens with one attached hydrogen (secondary N) is 2. The zero-order chi connectivity index (χ0) is 21.4. The molecule has 2 aliphatic rings. The molecule has 2 heterocycles. The van der Waals surface area contributed by atoms with Gasteiger partial charge in [0, 0.05) is 25.9 Å². The van der Waals surface area contributed by atoms with Crippen LogP contribution in [-0.2, 0) is 11.0 Å². The van der Waals surface area contributed by atoms with Crippen LogP contribution in [-0.4, -0.2) is 29.6 Å². The van der Waals surface area contributed by atoms with E-state index < -0.39 is 23.4 Å². The molecular weight excluding hydrogens is 419 g/mol. The average molecular weight is 438 g/mol. The highest BCUT2D eigenvalue weighted by molar-refractivity contribution is 6.33. The van der Waals surface area contributed by atoms with E-state index in [1.165, 1.54) is 0 Å². The molecule has 0 aliphatic carbocycles. The van der Waals surface area contributed by atoms with E-state index >= 15 is 0 Å². The molecule has 0 unspecified atom stereocenters. The lowest BCUT2D eigenvalue weighted by Crippen LogP contribution is -2.48. The van der Waals surface area contributed by atoms with E-state index in [0.29, 0.717) is 25.9 Å². The monoisotopic (exact) mass is 437 g/mol. The zero-order valence-corrected chi connectivity index (χ0v) is 16.6. The quantitative estimate of drug-likeness (QED) is 0.670. The molecule has 1 saturated heterocycles. The highest BCUT2D eigenvalue weighted by Crippen LogP contribution is 2.36. The molecule has 1 fully saturated rings. The van der Waals surface area contributed by atoms with Crippen LogP contribution in [0.2, 0.25) is 5.02 Å². The van der Waals surface area contributed by atoms with Crippen molar-refractivity contribution >= 4 is 29.0 Å². The van der Waals surface area contributed by atoms with Gasteiger partial charge < -0.3 is 10.2 Å². The standard InChI is InChI=1S/C21H19ClF3N3O2/c22-16-7-6-15(21(23,24)25)12-17(16)26-19(29)28-10-8-20(9-11-28)13-18(27-30-20)14-4-2-1-3-5-14/h1-7,12-13,27H,8-11H2,(H,26,29). The van der Waals surface area contributed by atoms with Gasteiger partial charge in [-0.25, -0.2) is 4.79 Å².